The van der Waals surface area contributed by atoms with Crippen molar-refractivity contribution >= 4 is 39.0 Å². The molecule has 5 nitrogen and oxygen atoms in total. The fourth-order valence-corrected chi connectivity index (χ4v) is 5.75. The summed E-state index contributed by atoms with van der Waals surface area (Å²) >= 11 is 1.39. The minimum Gasteiger partial charge on any atom is -0.298 e. The number of fused-ring (bicyclic) bond motifs is 1. The first-order valence-corrected chi connectivity index (χ1v) is 12.4. The van der Waals surface area contributed by atoms with E-state index in [1.54, 1.807) is 24.3 Å². The van der Waals surface area contributed by atoms with Crippen LogP contribution >= 0.6 is 11.3 Å². The molecule has 3 aromatic carbocycles. The van der Waals surface area contributed by atoms with Crippen molar-refractivity contribution in [3.63, 3.8) is 0 Å². The normalized spacial score (nSPS) is 13.9. The average molecular weight is 460 g/mol. The molecule has 4 aromatic rings. The third-order valence-electron chi connectivity index (χ3n) is 5.38. The lowest BCUT2D eigenvalue weighted by Gasteiger charge is -2.29. The number of benzene rings is 3. The third-order valence-corrected chi connectivity index (χ3v) is 7.59. The zero-order valence-electron chi connectivity index (χ0n) is 17.2. The lowest BCUT2D eigenvalue weighted by Crippen LogP contribution is -2.31. The van der Waals surface area contributed by atoms with Crippen molar-refractivity contribution in [1.82, 2.24) is 4.98 Å². The summed E-state index contributed by atoms with van der Waals surface area (Å²) in [6.07, 6.45) is 1.98. The summed E-state index contributed by atoms with van der Waals surface area (Å²) in [6, 6.07) is 24.9. The molecule has 0 spiro atoms. The first-order valence-electron chi connectivity index (χ1n) is 10.4. The van der Waals surface area contributed by atoms with Crippen molar-refractivity contribution in [2.24, 2.45) is 0 Å². The molecular formula is C25H21N3O2S2. The minimum absolute atomic E-state index is 0.236. The maximum absolute atomic E-state index is 13.2. The Balaban J connectivity index is 1.28. The highest BCUT2D eigenvalue weighted by molar-refractivity contribution is 7.86. The molecule has 32 heavy (non-hydrogen) atoms. The molecule has 2 heterocycles. The van der Waals surface area contributed by atoms with Gasteiger partial charge in [-0.1, -0.05) is 48.5 Å². The van der Waals surface area contributed by atoms with Gasteiger partial charge in [0.1, 0.15) is 0 Å². The smallest absolute Gasteiger partial charge is 0.257 e. The molecule has 1 amide bonds. The number of rotatable bonds is 5. The van der Waals surface area contributed by atoms with Crippen molar-refractivity contribution in [2.45, 2.75) is 17.7 Å². The second-order valence-corrected chi connectivity index (χ2v) is 9.73. The first-order chi connectivity index (χ1) is 15.7. The van der Waals surface area contributed by atoms with Gasteiger partial charge < -0.3 is 0 Å². The van der Waals surface area contributed by atoms with E-state index in [2.05, 4.69) is 16.4 Å². The van der Waals surface area contributed by atoms with E-state index in [1.807, 2.05) is 58.2 Å². The Morgan fingerprint density at radius 3 is 2.53 bits per heavy atom. The lowest BCUT2D eigenvalue weighted by molar-refractivity contribution is 0.102. The van der Waals surface area contributed by atoms with Gasteiger partial charge in [0.05, 0.1) is 16.3 Å². The number of aryl methyl sites for hydroxylation is 1. The highest BCUT2D eigenvalue weighted by atomic mass is 32.2. The van der Waals surface area contributed by atoms with E-state index in [4.69, 9.17) is 0 Å². The molecular weight excluding hydrogens is 438 g/mol. The van der Waals surface area contributed by atoms with Crippen LogP contribution in [0.3, 0.4) is 0 Å². The first kappa shape index (κ1) is 20.6. The number of para-hydroxylation sites is 1. The van der Waals surface area contributed by atoms with E-state index < -0.39 is 11.0 Å². The van der Waals surface area contributed by atoms with E-state index in [-0.39, 0.29) is 5.91 Å². The van der Waals surface area contributed by atoms with E-state index in [0.29, 0.717) is 15.6 Å². The maximum atomic E-state index is 13.2. The Hall–Kier alpha value is -3.29. The number of nitrogens with zero attached hydrogens (tertiary/aromatic N) is 2. The van der Waals surface area contributed by atoms with Crippen LogP contribution in [0.2, 0.25) is 0 Å². The Morgan fingerprint density at radius 1 is 0.969 bits per heavy atom. The summed E-state index contributed by atoms with van der Waals surface area (Å²) in [5.41, 5.74) is 4.59. The standard InChI is InChI=1S/C25H21N3O2S2/c29-24(27-25-26-22(17-31-25)18-7-2-1-3-8-18)20-12-14-21(15-13-20)32(30)28-16-6-10-19-9-4-5-11-23(19)28/h1-5,7-9,11-15,17H,6,10,16H2,(H,26,27,29). The van der Waals surface area contributed by atoms with Gasteiger partial charge in [-0.3, -0.25) is 14.4 Å². The van der Waals surface area contributed by atoms with Crippen LogP contribution in [-0.4, -0.2) is 21.6 Å². The van der Waals surface area contributed by atoms with E-state index >= 15 is 0 Å². The SMILES string of the molecule is O=C(Nc1nc(-c2ccccc2)cs1)c1ccc(S(=O)N2CCCc3ccccc32)cc1. The molecule has 5 rings (SSSR count). The number of aromatic nitrogens is 1. The molecule has 0 saturated heterocycles. The zero-order chi connectivity index (χ0) is 21.9. The second kappa shape index (κ2) is 9.06. The summed E-state index contributed by atoms with van der Waals surface area (Å²) in [6.45, 7) is 0.750. The van der Waals surface area contributed by atoms with Crippen molar-refractivity contribution in [3.8, 4) is 11.3 Å². The molecule has 1 aromatic heterocycles. The van der Waals surface area contributed by atoms with E-state index in [9.17, 15) is 9.00 Å². The predicted octanol–water partition coefficient (Wildman–Crippen LogP) is 5.54. The van der Waals surface area contributed by atoms with Crippen molar-refractivity contribution < 1.29 is 9.00 Å². The Morgan fingerprint density at radius 2 is 1.72 bits per heavy atom. The van der Waals surface area contributed by atoms with Gasteiger partial charge in [0, 0.05) is 23.1 Å². The molecule has 0 radical (unpaired) electrons. The van der Waals surface area contributed by atoms with Crippen LogP contribution in [0, 0.1) is 0 Å². The third kappa shape index (κ3) is 4.22. The second-order valence-electron chi connectivity index (χ2n) is 7.47. The van der Waals surface area contributed by atoms with Crippen LogP contribution in [0.1, 0.15) is 22.3 Å². The van der Waals surface area contributed by atoms with Crippen molar-refractivity contribution in [3.05, 3.63) is 95.4 Å². The van der Waals surface area contributed by atoms with Gasteiger partial charge in [0.15, 0.2) is 16.1 Å². The molecule has 1 unspecified atom stereocenters. The average Bonchev–Trinajstić information content (AvgIpc) is 3.32. The zero-order valence-corrected chi connectivity index (χ0v) is 18.9. The van der Waals surface area contributed by atoms with Gasteiger partial charge in [-0.05, 0) is 48.7 Å². The minimum atomic E-state index is -1.32. The summed E-state index contributed by atoms with van der Waals surface area (Å²) in [5, 5.41) is 5.33. The van der Waals surface area contributed by atoms with Crippen LogP contribution in [-0.2, 0) is 17.4 Å². The Labute approximate surface area is 193 Å². The largest absolute Gasteiger partial charge is 0.298 e. The number of anilines is 2. The Kier molecular flexibility index (Phi) is 5.83. The molecule has 160 valence electrons. The molecule has 0 fully saturated rings. The van der Waals surface area contributed by atoms with Gasteiger partial charge in [-0.15, -0.1) is 11.3 Å². The van der Waals surface area contributed by atoms with Crippen LogP contribution in [0.4, 0.5) is 10.8 Å². The molecule has 1 aliphatic rings. The summed E-state index contributed by atoms with van der Waals surface area (Å²) in [5.74, 6) is -0.236. The van der Waals surface area contributed by atoms with Crippen LogP contribution in [0.15, 0.2) is 89.1 Å². The lowest BCUT2D eigenvalue weighted by atomic mass is 10.0. The van der Waals surface area contributed by atoms with Gasteiger partial charge in [-0.25, -0.2) is 9.19 Å². The number of hydrogen-bond donors (Lipinski definition) is 1. The summed E-state index contributed by atoms with van der Waals surface area (Å²) in [7, 11) is -1.32. The van der Waals surface area contributed by atoms with Crippen LogP contribution in [0.5, 0.6) is 0 Å². The monoisotopic (exact) mass is 459 g/mol. The molecule has 7 heteroatoms. The number of nitrogens with one attached hydrogen (secondary N) is 1. The Bertz CT molecular complexity index is 1270. The molecule has 0 aliphatic carbocycles. The number of thiazole rings is 1. The maximum Gasteiger partial charge on any atom is 0.257 e. The highest BCUT2D eigenvalue weighted by Gasteiger charge is 2.22. The quantitative estimate of drug-likeness (QED) is 0.426. The number of carbonyl (C=O) groups excluding carboxylic acids is 1. The van der Waals surface area contributed by atoms with Crippen LogP contribution < -0.4 is 9.62 Å². The van der Waals surface area contributed by atoms with Crippen molar-refractivity contribution in [2.75, 3.05) is 16.2 Å². The number of carbonyl (C=O) groups is 1. The topological polar surface area (TPSA) is 62.3 Å². The summed E-state index contributed by atoms with van der Waals surface area (Å²) < 4.78 is 15.1. The molecule has 0 saturated carbocycles. The fourth-order valence-electron chi connectivity index (χ4n) is 3.76. The van der Waals surface area contributed by atoms with Crippen molar-refractivity contribution in [1.29, 1.82) is 0 Å². The van der Waals surface area contributed by atoms with Crippen LogP contribution in [0.25, 0.3) is 11.3 Å². The predicted molar refractivity (Wildman–Crippen MR) is 130 cm³/mol. The molecule has 1 atom stereocenters. The van der Waals surface area contributed by atoms with E-state index in [1.165, 1.54) is 16.9 Å². The molecule has 1 aliphatic heterocycles. The highest BCUT2D eigenvalue weighted by Crippen LogP contribution is 2.30. The van der Waals surface area contributed by atoms with Gasteiger partial charge in [0.2, 0.25) is 0 Å². The number of amides is 1. The fraction of sp³-hybridized carbons (Fsp3) is 0.120. The van der Waals surface area contributed by atoms with Gasteiger partial charge in [-0.2, -0.15) is 0 Å². The molecule has 0 bridgehead atoms. The van der Waals surface area contributed by atoms with Gasteiger partial charge in [0.25, 0.3) is 5.91 Å². The number of hydrogen-bond acceptors (Lipinski definition) is 4. The summed E-state index contributed by atoms with van der Waals surface area (Å²) in [4.78, 5) is 17.9. The van der Waals surface area contributed by atoms with Gasteiger partial charge >= 0.3 is 0 Å². The molecule has 1 N–H and O–H groups in total. The van der Waals surface area contributed by atoms with E-state index in [0.717, 1.165) is 36.3 Å².